The van der Waals surface area contributed by atoms with E-state index in [1.165, 1.54) is 6.92 Å². The van der Waals surface area contributed by atoms with Crippen molar-refractivity contribution in [3.05, 3.63) is 102 Å². The van der Waals surface area contributed by atoms with Crippen molar-refractivity contribution in [3.8, 4) is 5.75 Å². The Morgan fingerprint density at radius 1 is 0.642 bits per heavy atom. The van der Waals surface area contributed by atoms with E-state index in [1.54, 1.807) is 83.1 Å². The summed E-state index contributed by atoms with van der Waals surface area (Å²) in [6.45, 7) is 10.3. The molecule has 0 bridgehead atoms. The van der Waals surface area contributed by atoms with Crippen LogP contribution < -0.4 is 26.0 Å². The highest BCUT2D eigenvalue weighted by Crippen LogP contribution is 2.17. The molecule has 0 saturated carbocycles. The van der Waals surface area contributed by atoms with Gasteiger partial charge in [-0.05, 0) is 62.4 Å². The molecule has 0 aliphatic rings. The molecule has 286 valence electrons. The highest BCUT2D eigenvalue weighted by molar-refractivity contribution is 5.95. The van der Waals surface area contributed by atoms with E-state index in [1.807, 2.05) is 36.4 Å². The van der Waals surface area contributed by atoms with Crippen LogP contribution in [0, 0.1) is 5.92 Å². The van der Waals surface area contributed by atoms with Gasteiger partial charge in [-0.1, -0.05) is 86.6 Å². The average Bonchev–Trinajstić information content (AvgIpc) is 3.11. The highest BCUT2D eigenvalue weighted by atomic mass is 16.6. The number of alkyl carbamates (subject to hydrolysis) is 1. The Kier molecular flexibility index (Phi) is 15.8. The molecule has 53 heavy (non-hydrogen) atoms. The summed E-state index contributed by atoms with van der Waals surface area (Å²) in [6.07, 6.45) is -2.07. The molecule has 0 aromatic heterocycles. The van der Waals surface area contributed by atoms with Crippen molar-refractivity contribution in [1.82, 2.24) is 21.3 Å². The Hall–Kier alpha value is -5.43. The first-order valence-electron chi connectivity index (χ1n) is 17.5. The van der Waals surface area contributed by atoms with E-state index >= 15 is 0 Å². The Labute approximate surface area is 311 Å². The first kappa shape index (κ1) is 42.0. The lowest BCUT2D eigenvalue weighted by atomic mass is 10.00. The number of carbonyl (C=O) groups is 5. The molecule has 5 atom stereocenters. The summed E-state index contributed by atoms with van der Waals surface area (Å²) in [7, 11) is 1.13. The lowest BCUT2D eigenvalue weighted by Crippen LogP contribution is -2.60. The number of aliphatic hydroxyl groups is 1. The van der Waals surface area contributed by atoms with E-state index in [9.17, 15) is 29.1 Å². The monoisotopic (exact) mass is 732 g/mol. The molecule has 0 aliphatic heterocycles. The molecule has 13 nitrogen and oxygen atoms in total. The van der Waals surface area contributed by atoms with E-state index in [-0.39, 0.29) is 18.8 Å². The number of hydrogen-bond acceptors (Lipinski definition) is 9. The van der Waals surface area contributed by atoms with Crippen LogP contribution in [0.25, 0.3) is 0 Å². The van der Waals surface area contributed by atoms with Gasteiger partial charge in [-0.15, -0.1) is 0 Å². The van der Waals surface area contributed by atoms with Crippen molar-refractivity contribution in [1.29, 1.82) is 0 Å². The second-order valence-electron chi connectivity index (χ2n) is 14.1. The summed E-state index contributed by atoms with van der Waals surface area (Å²) in [4.78, 5) is 66.6. The zero-order valence-electron chi connectivity index (χ0n) is 31.4. The SMILES string of the molecule is COC(=O)C(NC(=O)C(Cc1ccc(OCc2ccccc2)cc1)NC(=O)C(Cc1ccccc1)NC(=O)C(NC(=O)OC(C)(C)C)C(C)C)C(C)O. The van der Waals surface area contributed by atoms with Crippen LogP contribution in [0.5, 0.6) is 5.75 Å². The van der Waals surface area contributed by atoms with E-state index in [4.69, 9.17) is 14.2 Å². The molecule has 0 fully saturated rings. The molecule has 3 aromatic rings. The second-order valence-corrected chi connectivity index (χ2v) is 14.1. The van der Waals surface area contributed by atoms with Gasteiger partial charge in [-0.25, -0.2) is 9.59 Å². The van der Waals surface area contributed by atoms with Crippen molar-refractivity contribution in [2.75, 3.05) is 7.11 Å². The Balaban J connectivity index is 1.88. The van der Waals surface area contributed by atoms with Crippen LogP contribution >= 0.6 is 0 Å². The maximum Gasteiger partial charge on any atom is 0.408 e. The third-order valence-electron chi connectivity index (χ3n) is 8.02. The quantitative estimate of drug-likeness (QED) is 0.130. The van der Waals surface area contributed by atoms with Gasteiger partial charge in [0.05, 0.1) is 13.2 Å². The summed E-state index contributed by atoms with van der Waals surface area (Å²) in [5, 5.41) is 20.9. The lowest BCUT2D eigenvalue weighted by Gasteiger charge is -2.28. The fourth-order valence-electron chi connectivity index (χ4n) is 5.23. The number of esters is 1. The van der Waals surface area contributed by atoms with Crippen molar-refractivity contribution in [2.24, 2.45) is 5.92 Å². The zero-order valence-corrected chi connectivity index (χ0v) is 31.4. The molecule has 0 aliphatic carbocycles. The lowest BCUT2D eigenvalue weighted by molar-refractivity contribution is -0.148. The minimum absolute atomic E-state index is 0.0228. The van der Waals surface area contributed by atoms with Gasteiger partial charge in [0.25, 0.3) is 0 Å². The molecule has 0 spiro atoms. The molecule has 4 amide bonds. The van der Waals surface area contributed by atoms with Crippen molar-refractivity contribution >= 4 is 29.8 Å². The summed E-state index contributed by atoms with van der Waals surface area (Å²) in [6, 6.07) is 20.7. The standard InChI is InChI=1S/C40H52N4O9/c1-25(2)33(44-39(50)53-40(4,5)6)37(48)42-31(22-27-14-10-8-11-15-27)35(46)41-32(36(47)43-34(26(3)45)38(49)51-7)23-28-18-20-30(21-19-28)52-24-29-16-12-9-13-17-29/h8-21,25-26,31-34,45H,22-24H2,1-7H3,(H,41,46)(H,42,48)(H,43,47)(H,44,50). The third-order valence-corrected chi connectivity index (χ3v) is 8.02. The maximum atomic E-state index is 14.1. The predicted molar refractivity (Wildman–Crippen MR) is 199 cm³/mol. The second kappa shape index (κ2) is 20.0. The number of carbonyl (C=O) groups excluding carboxylic acids is 5. The Bertz CT molecular complexity index is 1640. The van der Waals surface area contributed by atoms with Crippen LogP contribution in [0.3, 0.4) is 0 Å². The molecule has 5 N–H and O–H groups in total. The van der Waals surface area contributed by atoms with Gasteiger partial charge in [0, 0.05) is 12.8 Å². The van der Waals surface area contributed by atoms with E-state index < -0.39 is 65.7 Å². The fourth-order valence-corrected chi connectivity index (χ4v) is 5.23. The van der Waals surface area contributed by atoms with Gasteiger partial charge in [-0.2, -0.15) is 0 Å². The Morgan fingerprint density at radius 3 is 1.62 bits per heavy atom. The van der Waals surface area contributed by atoms with E-state index in [0.29, 0.717) is 17.9 Å². The van der Waals surface area contributed by atoms with E-state index in [0.717, 1.165) is 18.2 Å². The van der Waals surface area contributed by atoms with Crippen LogP contribution in [-0.2, 0) is 48.1 Å². The molecule has 0 radical (unpaired) electrons. The molecule has 3 rings (SSSR count). The average molecular weight is 733 g/mol. The number of nitrogens with one attached hydrogen (secondary N) is 4. The van der Waals surface area contributed by atoms with Crippen molar-refractivity contribution in [2.45, 2.75) is 96.9 Å². The summed E-state index contributed by atoms with van der Waals surface area (Å²) in [5.74, 6) is -2.75. The van der Waals surface area contributed by atoms with Gasteiger partial charge < -0.3 is 40.6 Å². The van der Waals surface area contributed by atoms with Crippen LogP contribution in [0.4, 0.5) is 4.79 Å². The van der Waals surface area contributed by atoms with Crippen LogP contribution in [-0.4, -0.2) is 77.9 Å². The predicted octanol–water partition coefficient (Wildman–Crippen LogP) is 3.61. The summed E-state index contributed by atoms with van der Waals surface area (Å²) < 4.78 is 16.0. The summed E-state index contributed by atoms with van der Waals surface area (Å²) in [5.41, 5.74) is 1.56. The third kappa shape index (κ3) is 14.3. The molecule has 0 saturated heterocycles. The molecule has 3 aromatic carbocycles. The summed E-state index contributed by atoms with van der Waals surface area (Å²) >= 11 is 0. The minimum Gasteiger partial charge on any atom is -0.489 e. The smallest absolute Gasteiger partial charge is 0.408 e. The molecular formula is C40H52N4O9. The molecule has 0 heterocycles. The van der Waals surface area contributed by atoms with Gasteiger partial charge >= 0.3 is 12.1 Å². The van der Waals surface area contributed by atoms with Gasteiger partial charge in [-0.3, -0.25) is 14.4 Å². The Morgan fingerprint density at radius 2 is 1.13 bits per heavy atom. The number of ether oxygens (including phenoxy) is 3. The number of rotatable bonds is 17. The number of methoxy groups -OCH3 is 1. The number of amides is 4. The van der Waals surface area contributed by atoms with Gasteiger partial charge in [0.1, 0.15) is 36.1 Å². The molecule has 5 unspecified atom stereocenters. The maximum absolute atomic E-state index is 14.1. The van der Waals surface area contributed by atoms with Crippen molar-refractivity contribution < 1.29 is 43.3 Å². The van der Waals surface area contributed by atoms with E-state index in [2.05, 4.69) is 21.3 Å². The van der Waals surface area contributed by atoms with Crippen LogP contribution in [0.15, 0.2) is 84.9 Å². The van der Waals surface area contributed by atoms with Gasteiger partial charge in [0.15, 0.2) is 6.04 Å². The number of hydrogen-bond donors (Lipinski definition) is 5. The first-order chi connectivity index (χ1) is 25.1. The minimum atomic E-state index is -1.41. The number of benzene rings is 3. The van der Waals surface area contributed by atoms with Crippen molar-refractivity contribution in [3.63, 3.8) is 0 Å². The molecular weight excluding hydrogens is 680 g/mol. The zero-order chi connectivity index (χ0) is 39.1. The fraction of sp³-hybridized carbons (Fsp3) is 0.425. The number of aliphatic hydroxyl groups excluding tert-OH is 1. The topological polar surface area (TPSA) is 181 Å². The van der Waals surface area contributed by atoms with Gasteiger partial charge in [0.2, 0.25) is 17.7 Å². The largest absolute Gasteiger partial charge is 0.489 e. The first-order valence-corrected chi connectivity index (χ1v) is 17.5. The molecule has 13 heteroatoms. The van der Waals surface area contributed by atoms with Crippen LogP contribution in [0.2, 0.25) is 0 Å². The normalized spacial score (nSPS) is 14.1. The highest BCUT2D eigenvalue weighted by Gasteiger charge is 2.34. The van der Waals surface area contributed by atoms with Crippen LogP contribution in [0.1, 0.15) is 58.2 Å².